The van der Waals surface area contributed by atoms with Crippen LogP contribution in [-0.4, -0.2) is 11.6 Å². The molecule has 3 aromatic carbocycles. The van der Waals surface area contributed by atoms with Crippen molar-refractivity contribution >= 4 is 35.6 Å². The monoisotopic (exact) mass is 360 g/mol. The number of thiol groups is 1. The smallest absolute Gasteiger partial charge is 0.196 e. The van der Waals surface area contributed by atoms with E-state index in [-0.39, 0.29) is 22.8 Å². The zero-order chi connectivity index (χ0) is 18.3. The van der Waals surface area contributed by atoms with Gasteiger partial charge in [0.15, 0.2) is 11.6 Å². The number of nitrogens with one attached hydrogen (secondary N) is 1. The lowest BCUT2D eigenvalue weighted by Crippen LogP contribution is -2.24. The maximum Gasteiger partial charge on any atom is 0.196 e. The fourth-order valence-corrected chi connectivity index (χ4v) is 3.48. The third-order valence-electron chi connectivity index (χ3n) is 4.54. The number of hydrogen-bond acceptors (Lipinski definition) is 5. The van der Waals surface area contributed by atoms with Crippen molar-refractivity contribution in [2.24, 2.45) is 0 Å². The molecular weight excluding hydrogens is 344 g/mol. The minimum atomic E-state index is -0.244. The van der Waals surface area contributed by atoms with Crippen LogP contribution in [0.15, 0.2) is 65.6 Å². The van der Waals surface area contributed by atoms with Crippen LogP contribution >= 0.6 is 12.6 Å². The van der Waals surface area contributed by atoms with Crippen LogP contribution in [0.25, 0.3) is 0 Å². The third kappa shape index (κ3) is 2.57. The van der Waals surface area contributed by atoms with E-state index in [4.69, 9.17) is 5.73 Å². The van der Waals surface area contributed by atoms with E-state index in [1.807, 2.05) is 30.3 Å². The number of nitrogen functional groups attached to an aromatic ring is 1. The maximum absolute atomic E-state index is 13.1. The first-order chi connectivity index (χ1) is 12.6. The molecule has 0 atom stereocenters. The van der Waals surface area contributed by atoms with Crippen LogP contribution in [0.2, 0.25) is 0 Å². The number of benzene rings is 3. The van der Waals surface area contributed by atoms with Crippen LogP contribution in [0.1, 0.15) is 37.4 Å². The molecule has 0 spiro atoms. The zero-order valence-corrected chi connectivity index (χ0v) is 14.7. The van der Waals surface area contributed by atoms with E-state index >= 15 is 0 Å². The van der Waals surface area contributed by atoms with Crippen molar-refractivity contribution in [1.29, 1.82) is 0 Å². The Morgan fingerprint density at radius 1 is 0.846 bits per heavy atom. The number of rotatable bonds is 3. The van der Waals surface area contributed by atoms with Gasteiger partial charge in [-0.3, -0.25) is 9.59 Å². The van der Waals surface area contributed by atoms with Crippen molar-refractivity contribution in [3.63, 3.8) is 0 Å². The van der Waals surface area contributed by atoms with Crippen molar-refractivity contribution in [1.82, 2.24) is 0 Å². The summed E-state index contributed by atoms with van der Waals surface area (Å²) in [5.41, 5.74) is 9.31. The molecule has 0 aliphatic heterocycles. The van der Waals surface area contributed by atoms with Gasteiger partial charge in [0, 0.05) is 28.3 Å². The number of ketones is 2. The number of hydrogen-bond donors (Lipinski definition) is 3. The molecule has 1 aliphatic carbocycles. The SMILES string of the molecule is Nc1c(S)cc(NCc2ccccc2)c2c1C(=O)c1ccccc1C2=O. The highest BCUT2D eigenvalue weighted by atomic mass is 32.1. The minimum absolute atomic E-state index is 0.203. The molecule has 0 aromatic heterocycles. The van der Waals surface area contributed by atoms with Crippen molar-refractivity contribution in [2.75, 3.05) is 11.1 Å². The van der Waals surface area contributed by atoms with Crippen molar-refractivity contribution in [3.8, 4) is 0 Å². The lowest BCUT2D eigenvalue weighted by atomic mass is 9.82. The van der Waals surface area contributed by atoms with E-state index in [9.17, 15) is 9.59 Å². The molecule has 3 N–H and O–H groups in total. The van der Waals surface area contributed by atoms with Gasteiger partial charge in [0.25, 0.3) is 0 Å². The summed E-state index contributed by atoms with van der Waals surface area (Å²) in [5, 5.41) is 3.26. The van der Waals surface area contributed by atoms with Crippen molar-refractivity contribution < 1.29 is 9.59 Å². The predicted octanol–water partition coefficient (Wildman–Crippen LogP) is 3.95. The van der Waals surface area contributed by atoms with Crippen LogP contribution in [0, 0.1) is 0 Å². The van der Waals surface area contributed by atoms with E-state index in [0.29, 0.717) is 33.8 Å². The highest BCUT2D eigenvalue weighted by Gasteiger charge is 2.34. The van der Waals surface area contributed by atoms with Gasteiger partial charge < -0.3 is 11.1 Å². The third-order valence-corrected chi connectivity index (χ3v) is 4.91. The molecular formula is C21H16N2O2S. The molecule has 4 rings (SSSR count). The molecule has 0 unspecified atom stereocenters. The lowest BCUT2D eigenvalue weighted by molar-refractivity contribution is 0.0980. The second-order valence-corrected chi connectivity index (χ2v) is 6.63. The van der Waals surface area contributed by atoms with Gasteiger partial charge in [-0.25, -0.2) is 0 Å². The Balaban J connectivity index is 1.84. The molecule has 0 radical (unpaired) electrons. The van der Waals surface area contributed by atoms with E-state index < -0.39 is 0 Å². The molecule has 0 amide bonds. The Kier molecular flexibility index (Phi) is 4.01. The van der Waals surface area contributed by atoms with E-state index in [2.05, 4.69) is 17.9 Å². The number of nitrogens with two attached hydrogens (primary N) is 1. The number of anilines is 2. The average molecular weight is 360 g/mol. The van der Waals surface area contributed by atoms with Crippen molar-refractivity contribution in [3.05, 3.63) is 88.5 Å². The normalized spacial score (nSPS) is 12.5. The van der Waals surface area contributed by atoms with Gasteiger partial charge in [-0.05, 0) is 11.6 Å². The largest absolute Gasteiger partial charge is 0.397 e. The molecule has 0 heterocycles. The molecule has 1 aliphatic rings. The minimum Gasteiger partial charge on any atom is -0.397 e. The standard InChI is InChI=1S/C21H16N2O2S/c22-19-16(26)10-15(23-11-12-6-2-1-3-7-12)17-18(19)21(25)14-9-5-4-8-13(14)20(17)24/h1-10,23,26H,11,22H2. The Hall–Kier alpha value is -3.05. The highest BCUT2D eigenvalue weighted by molar-refractivity contribution is 7.80. The summed E-state index contributed by atoms with van der Waals surface area (Å²) in [7, 11) is 0. The second-order valence-electron chi connectivity index (χ2n) is 6.15. The zero-order valence-electron chi connectivity index (χ0n) is 13.8. The molecule has 26 heavy (non-hydrogen) atoms. The fraction of sp³-hybridized carbons (Fsp3) is 0.0476. The summed E-state index contributed by atoms with van der Waals surface area (Å²) in [6.07, 6.45) is 0. The van der Waals surface area contributed by atoms with Gasteiger partial charge in [-0.1, -0.05) is 54.6 Å². The van der Waals surface area contributed by atoms with Gasteiger partial charge in [0.1, 0.15) is 0 Å². The molecule has 0 saturated heterocycles. The Bertz CT molecular complexity index is 1050. The molecule has 4 nitrogen and oxygen atoms in total. The highest BCUT2D eigenvalue weighted by Crippen LogP contribution is 2.38. The molecule has 0 fully saturated rings. The van der Waals surface area contributed by atoms with Gasteiger partial charge in [0.05, 0.1) is 16.8 Å². The van der Waals surface area contributed by atoms with E-state index in [0.717, 1.165) is 5.56 Å². The number of fused-ring (bicyclic) bond motifs is 2. The average Bonchev–Trinajstić information content (AvgIpc) is 2.67. The van der Waals surface area contributed by atoms with Crippen LogP contribution < -0.4 is 11.1 Å². The number of carbonyl (C=O) groups is 2. The summed E-state index contributed by atoms with van der Waals surface area (Å²) in [6.45, 7) is 0.521. The molecule has 0 saturated carbocycles. The maximum atomic E-state index is 13.1. The topological polar surface area (TPSA) is 72.2 Å². The van der Waals surface area contributed by atoms with Crippen molar-refractivity contribution in [2.45, 2.75) is 11.4 Å². The lowest BCUT2D eigenvalue weighted by Gasteiger charge is -2.23. The van der Waals surface area contributed by atoms with Crippen LogP contribution in [0.3, 0.4) is 0 Å². The summed E-state index contributed by atoms with van der Waals surface area (Å²) < 4.78 is 0. The molecule has 5 heteroatoms. The Morgan fingerprint density at radius 3 is 2.08 bits per heavy atom. The van der Waals surface area contributed by atoms with Gasteiger partial charge in [-0.2, -0.15) is 0 Å². The second kappa shape index (κ2) is 6.35. The van der Waals surface area contributed by atoms with E-state index in [1.54, 1.807) is 30.3 Å². The summed E-state index contributed by atoms with van der Waals surface area (Å²) in [4.78, 5) is 26.5. The first kappa shape index (κ1) is 16.4. The van der Waals surface area contributed by atoms with Gasteiger partial charge >= 0.3 is 0 Å². The van der Waals surface area contributed by atoms with Crippen LogP contribution in [0.5, 0.6) is 0 Å². The molecule has 0 bridgehead atoms. The van der Waals surface area contributed by atoms with Gasteiger partial charge in [0.2, 0.25) is 0 Å². The van der Waals surface area contributed by atoms with Crippen LogP contribution in [0.4, 0.5) is 11.4 Å². The summed E-state index contributed by atoms with van der Waals surface area (Å²) >= 11 is 4.39. The summed E-state index contributed by atoms with van der Waals surface area (Å²) in [6, 6.07) is 18.3. The Labute approximate surface area is 156 Å². The quantitative estimate of drug-likeness (QED) is 0.382. The Morgan fingerprint density at radius 2 is 1.42 bits per heavy atom. The molecule has 128 valence electrons. The fourth-order valence-electron chi connectivity index (χ4n) is 3.24. The van der Waals surface area contributed by atoms with Gasteiger partial charge in [-0.15, -0.1) is 12.6 Å². The molecule has 3 aromatic rings. The van der Waals surface area contributed by atoms with E-state index in [1.165, 1.54) is 0 Å². The summed E-state index contributed by atoms with van der Waals surface area (Å²) in [5.74, 6) is -0.447. The predicted molar refractivity (Wildman–Crippen MR) is 105 cm³/mol. The first-order valence-corrected chi connectivity index (χ1v) is 8.64. The number of carbonyl (C=O) groups excluding carboxylic acids is 2. The first-order valence-electron chi connectivity index (χ1n) is 8.19. The van der Waals surface area contributed by atoms with Crippen LogP contribution in [-0.2, 0) is 6.54 Å².